The number of pyridine rings is 2. The Labute approximate surface area is 132 Å². The normalized spacial score (nSPS) is 11.5. The van der Waals surface area contributed by atoms with Gasteiger partial charge in [-0.1, -0.05) is 6.92 Å². The van der Waals surface area contributed by atoms with Gasteiger partial charge in [-0.15, -0.1) is 0 Å². The summed E-state index contributed by atoms with van der Waals surface area (Å²) in [6, 6.07) is 6.39. The average molecular weight is 325 g/mol. The topological polar surface area (TPSA) is 55.3 Å². The molecule has 0 fully saturated rings. The van der Waals surface area contributed by atoms with E-state index in [1.165, 1.54) is 25.4 Å². The van der Waals surface area contributed by atoms with Crippen molar-refractivity contribution in [3.05, 3.63) is 46.4 Å². The van der Waals surface area contributed by atoms with Gasteiger partial charge in [-0.25, -0.2) is 8.78 Å². The van der Waals surface area contributed by atoms with Crippen LogP contribution in [-0.4, -0.2) is 22.3 Å². The Morgan fingerprint density at radius 2 is 2.04 bits per heavy atom. The fraction of sp³-hybridized carbons (Fsp3) is 0.375. The molecule has 0 unspecified atom stereocenters. The lowest BCUT2D eigenvalue weighted by Crippen LogP contribution is -2.36. The summed E-state index contributed by atoms with van der Waals surface area (Å²) in [6.07, 6.45) is 2.05. The Morgan fingerprint density at radius 3 is 2.65 bits per heavy atom. The Morgan fingerprint density at radius 1 is 1.35 bits per heavy atom. The van der Waals surface area contributed by atoms with Gasteiger partial charge in [0.1, 0.15) is 5.56 Å². The highest BCUT2D eigenvalue weighted by Crippen LogP contribution is 2.20. The van der Waals surface area contributed by atoms with Crippen molar-refractivity contribution in [1.29, 1.82) is 0 Å². The quantitative estimate of drug-likeness (QED) is 0.677. The molecule has 0 aliphatic rings. The van der Waals surface area contributed by atoms with Gasteiger partial charge in [0.15, 0.2) is 12.5 Å². The van der Waals surface area contributed by atoms with Gasteiger partial charge in [0.05, 0.1) is 0 Å². The first-order valence-electron chi connectivity index (χ1n) is 7.18. The number of hydrogen-bond donors (Lipinski definition) is 1. The van der Waals surface area contributed by atoms with Crippen LogP contribution >= 0.6 is 0 Å². The molecule has 2 heterocycles. The van der Waals surface area contributed by atoms with Gasteiger partial charge in [-0.2, -0.15) is 0 Å². The number of alkyl halides is 2. The number of aryl methyl sites for hydroxylation is 1. The van der Waals surface area contributed by atoms with E-state index in [9.17, 15) is 18.8 Å². The van der Waals surface area contributed by atoms with Crippen LogP contribution in [0.3, 0.4) is 0 Å². The third-order valence-corrected chi connectivity index (χ3v) is 3.43. The lowest BCUT2D eigenvalue weighted by molar-refractivity contribution is -0.896. The van der Waals surface area contributed by atoms with Crippen molar-refractivity contribution >= 4 is 0 Å². The lowest BCUT2D eigenvalue weighted by atomic mass is 10.1. The van der Waals surface area contributed by atoms with E-state index >= 15 is 0 Å². The summed E-state index contributed by atoms with van der Waals surface area (Å²) in [5, 5.41) is 10.0. The summed E-state index contributed by atoms with van der Waals surface area (Å²) in [4.78, 5) is 12.5. The first-order chi connectivity index (χ1) is 10.7. The highest BCUT2D eigenvalue weighted by atomic mass is 19.3. The SMILES string of the molecule is CCc1ccc[n+](O)c1-c1ccc(OCC(C)(F)F)n(C)c1=O. The number of rotatable bonds is 5. The largest absolute Gasteiger partial charge is 0.472 e. The molecule has 5 nitrogen and oxygen atoms in total. The van der Waals surface area contributed by atoms with Gasteiger partial charge < -0.3 is 4.74 Å². The fourth-order valence-corrected chi connectivity index (χ4v) is 2.27. The third-order valence-electron chi connectivity index (χ3n) is 3.43. The van der Waals surface area contributed by atoms with Crippen LogP contribution in [0.2, 0.25) is 0 Å². The molecule has 2 aromatic rings. The summed E-state index contributed by atoms with van der Waals surface area (Å²) in [5.41, 5.74) is 0.998. The molecule has 124 valence electrons. The molecular formula is C16H19F2N2O3+. The van der Waals surface area contributed by atoms with Gasteiger partial charge in [0.2, 0.25) is 6.20 Å². The molecule has 7 heteroatoms. The first-order valence-corrected chi connectivity index (χ1v) is 7.18. The minimum absolute atomic E-state index is 0.0405. The standard InChI is InChI=1S/C16H19F2N2O3/c1-4-11-6-5-9-20(22)14(11)12-7-8-13(19(3)15(12)21)23-10-16(2,17)18/h5-9,22H,4,10H2,1-3H3/q+1. The summed E-state index contributed by atoms with van der Waals surface area (Å²) in [6.45, 7) is 1.83. The van der Waals surface area contributed by atoms with Crippen LogP contribution in [0.4, 0.5) is 8.78 Å². The van der Waals surface area contributed by atoms with Crippen molar-refractivity contribution in [3.8, 4) is 17.1 Å². The summed E-state index contributed by atoms with van der Waals surface area (Å²) in [5.74, 6) is -2.95. The molecule has 0 aliphatic heterocycles. The predicted molar refractivity (Wildman–Crippen MR) is 80.0 cm³/mol. The van der Waals surface area contributed by atoms with Gasteiger partial charge in [0.25, 0.3) is 17.2 Å². The minimum Gasteiger partial charge on any atom is -0.472 e. The third kappa shape index (κ3) is 3.67. The number of aromatic nitrogens is 2. The zero-order chi connectivity index (χ0) is 17.2. The summed E-state index contributed by atoms with van der Waals surface area (Å²) >= 11 is 0. The van der Waals surface area contributed by atoms with Crippen LogP contribution in [0.5, 0.6) is 5.88 Å². The molecule has 0 amide bonds. The smallest absolute Gasteiger partial charge is 0.278 e. The average Bonchev–Trinajstić information content (AvgIpc) is 2.48. The van der Waals surface area contributed by atoms with Crippen molar-refractivity contribution in [2.24, 2.45) is 7.05 Å². The number of ether oxygens (including phenoxy) is 1. The number of halogens is 2. The molecule has 0 saturated carbocycles. The van der Waals surface area contributed by atoms with E-state index in [2.05, 4.69) is 0 Å². The van der Waals surface area contributed by atoms with Crippen LogP contribution in [0.15, 0.2) is 35.3 Å². The van der Waals surface area contributed by atoms with E-state index in [0.29, 0.717) is 12.1 Å². The van der Waals surface area contributed by atoms with E-state index in [1.54, 1.807) is 6.07 Å². The van der Waals surface area contributed by atoms with Crippen molar-refractivity contribution in [1.82, 2.24) is 4.57 Å². The van der Waals surface area contributed by atoms with E-state index in [4.69, 9.17) is 4.74 Å². The van der Waals surface area contributed by atoms with E-state index in [1.807, 2.05) is 13.0 Å². The second-order valence-corrected chi connectivity index (χ2v) is 5.39. The second kappa shape index (κ2) is 6.36. The van der Waals surface area contributed by atoms with Gasteiger partial charge in [-0.3, -0.25) is 14.6 Å². The first kappa shape index (κ1) is 16.9. The van der Waals surface area contributed by atoms with Gasteiger partial charge in [-0.05, 0) is 24.6 Å². The van der Waals surface area contributed by atoms with Crippen molar-refractivity contribution < 1.29 is 23.5 Å². The van der Waals surface area contributed by atoms with Gasteiger partial charge >= 0.3 is 0 Å². The van der Waals surface area contributed by atoms with E-state index < -0.39 is 18.1 Å². The number of hydrogen-bond acceptors (Lipinski definition) is 3. The Bertz CT molecular complexity index is 767. The van der Waals surface area contributed by atoms with Crippen LogP contribution < -0.4 is 15.0 Å². The van der Waals surface area contributed by atoms with Crippen LogP contribution in [0, 0.1) is 0 Å². The molecular weight excluding hydrogens is 306 g/mol. The minimum atomic E-state index is -2.99. The van der Waals surface area contributed by atoms with E-state index in [0.717, 1.165) is 21.8 Å². The zero-order valence-electron chi connectivity index (χ0n) is 13.2. The second-order valence-electron chi connectivity index (χ2n) is 5.39. The maximum absolute atomic E-state index is 12.9. The molecule has 0 aromatic carbocycles. The molecule has 0 spiro atoms. The van der Waals surface area contributed by atoms with E-state index in [-0.39, 0.29) is 11.4 Å². The van der Waals surface area contributed by atoms with Crippen LogP contribution in [0.25, 0.3) is 11.3 Å². The highest BCUT2D eigenvalue weighted by Gasteiger charge is 2.25. The molecule has 0 radical (unpaired) electrons. The molecule has 0 saturated heterocycles. The monoisotopic (exact) mass is 325 g/mol. The Balaban J connectivity index is 2.48. The molecule has 2 rings (SSSR count). The maximum atomic E-state index is 12.9. The Kier molecular flexibility index (Phi) is 4.68. The van der Waals surface area contributed by atoms with Crippen molar-refractivity contribution in [2.45, 2.75) is 26.2 Å². The molecule has 0 atom stereocenters. The number of nitrogens with zero attached hydrogens (tertiary/aromatic N) is 2. The summed E-state index contributed by atoms with van der Waals surface area (Å²) < 4.78 is 32.8. The van der Waals surface area contributed by atoms with Crippen molar-refractivity contribution in [3.63, 3.8) is 0 Å². The molecule has 0 aliphatic carbocycles. The lowest BCUT2D eigenvalue weighted by Gasteiger charge is -2.14. The molecule has 0 bridgehead atoms. The van der Waals surface area contributed by atoms with Crippen molar-refractivity contribution in [2.75, 3.05) is 6.61 Å². The predicted octanol–water partition coefficient (Wildman–Crippen LogP) is 2.17. The van der Waals surface area contributed by atoms with Crippen LogP contribution in [-0.2, 0) is 13.5 Å². The molecule has 1 N–H and O–H groups in total. The fourth-order valence-electron chi connectivity index (χ4n) is 2.27. The maximum Gasteiger partial charge on any atom is 0.278 e. The van der Waals surface area contributed by atoms with Crippen LogP contribution in [0.1, 0.15) is 19.4 Å². The molecule has 2 aromatic heterocycles. The summed E-state index contributed by atoms with van der Waals surface area (Å²) in [7, 11) is 1.44. The zero-order valence-corrected chi connectivity index (χ0v) is 13.2. The Hall–Kier alpha value is -2.44. The molecule has 23 heavy (non-hydrogen) atoms. The highest BCUT2D eigenvalue weighted by molar-refractivity contribution is 5.59. The van der Waals surface area contributed by atoms with Gasteiger partial charge in [0, 0.05) is 30.3 Å².